The van der Waals surface area contributed by atoms with Crippen molar-refractivity contribution in [3.05, 3.63) is 59.5 Å². The van der Waals surface area contributed by atoms with E-state index in [0.29, 0.717) is 0 Å². The molecule has 1 aliphatic rings. The Hall–Kier alpha value is -2.37. The van der Waals surface area contributed by atoms with Crippen molar-refractivity contribution in [3.63, 3.8) is 0 Å². The van der Waals surface area contributed by atoms with Crippen molar-refractivity contribution >= 4 is 10.8 Å². The van der Waals surface area contributed by atoms with Crippen LogP contribution in [0.2, 0.25) is 0 Å². The number of ether oxygens (including phenoxy) is 2. The molecule has 0 radical (unpaired) electrons. The van der Waals surface area contributed by atoms with Gasteiger partial charge in [0, 0.05) is 19.2 Å². The zero-order valence-corrected chi connectivity index (χ0v) is 15.3. The van der Waals surface area contributed by atoms with Gasteiger partial charge in [-0.15, -0.1) is 0 Å². The van der Waals surface area contributed by atoms with E-state index in [9.17, 15) is 0 Å². The van der Waals surface area contributed by atoms with E-state index in [1.807, 2.05) is 12.1 Å². The van der Waals surface area contributed by atoms with Crippen LogP contribution in [0.5, 0.6) is 5.75 Å². The van der Waals surface area contributed by atoms with Crippen molar-refractivity contribution < 1.29 is 14.0 Å². The summed E-state index contributed by atoms with van der Waals surface area (Å²) < 4.78 is 16.8. The van der Waals surface area contributed by atoms with Crippen molar-refractivity contribution in [2.75, 3.05) is 26.8 Å². The number of hydrogen-bond donors (Lipinski definition) is 0. The van der Waals surface area contributed by atoms with Gasteiger partial charge in [0.05, 0.1) is 32.1 Å². The molecule has 1 atom stereocenters. The van der Waals surface area contributed by atoms with Gasteiger partial charge in [-0.3, -0.25) is 4.90 Å². The second-order valence-corrected chi connectivity index (χ2v) is 6.71. The molecule has 3 aromatic rings. The summed E-state index contributed by atoms with van der Waals surface area (Å²) in [4.78, 5) is 2.37. The molecule has 136 valence electrons. The van der Waals surface area contributed by atoms with E-state index in [1.165, 1.54) is 16.3 Å². The summed E-state index contributed by atoms with van der Waals surface area (Å²) in [7, 11) is 1.69. The molecular weight excluding hydrogens is 328 g/mol. The third kappa shape index (κ3) is 3.59. The molecule has 26 heavy (non-hydrogen) atoms. The highest BCUT2D eigenvalue weighted by Crippen LogP contribution is 2.28. The number of rotatable bonds is 5. The quantitative estimate of drug-likeness (QED) is 0.695. The van der Waals surface area contributed by atoms with Gasteiger partial charge in [-0.25, -0.2) is 0 Å². The molecule has 0 saturated carbocycles. The van der Waals surface area contributed by atoms with Gasteiger partial charge in [0.15, 0.2) is 5.76 Å². The number of benzene rings is 2. The molecule has 1 aliphatic heterocycles. The highest BCUT2D eigenvalue weighted by Gasteiger charge is 2.23. The summed E-state index contributed by atoms with van der Waals surface area (Å²) in [5.41, 5.74) is 2.22. The van der Waals surface area contributed by atoms with Crippen LogP contribution in [0.1, 0.15) is 30.0 Å². The normalized spacial score (nSPS) is 18.3. The van der Waals surface area contributed by atoms with Crippen molar-refractivity contribution in [2.45, 2.75) is 26.0 Å². The maximum atomic E-state index is 6.04. The number of fused-ring (bicyclic) bond motifs is 1. The van der Waals surface area contributed by atoms with Crippen molar-refractivity contribution in [1.29, 1.82) is 0 Å². The van der Waals surface area contributed by atoms with E-state index in [1.54, 1.807) is 7.11 Å². The average Bonchev–Trinajstić information content (AvgIpc) is 3.15. The van der Waals surface area contributed by atoms with Crippen LogP contribution in [0, 0.1) is 0 Å². The zero-order valence-electron chi connectivity index (χ0n) is 15.3. The van der Waals surface area contributed by atoms with E-state index in [0.717, 1.165) is 49.9 Å². The number of morpholine rings is 1. The van der Waals surface area contributed by atoms with Gasteiger partial charge in [-0.2, -0.15) is 0 Å². The molecule has 4 rings (SSSR count). The van der Waals surface area contributed by atoms with Gasteiger partial charge < -0.3 is 14.0 Å². The van der Waals surface area contributed by atoms with Crippen molar-refractivity contribution in [2.24, 2.45) is 0 Å². The second kappa shape index (κ2) is 7.48. The van der Waals surface area contributed by atoms with Crippen LogP contribution in [-0.2, 0) is 17.7 Å². The molecule has 0 amide bonds. The van der Waals surface area contributed by atoms with Crippen LogP contribution >= 0.6 is 0 Å². The minimum absolute atomic E-state index is 0.0730. The van der Waals surface area contributed by atoms with Gasteiger partial charge in [-0.05, 0) is 41.0 Å². The van der Waals surface area contributed by atoms with Gasteiger partial charge in [0.1, 0.15) is 5.75 Å². The lowest BCUT2D eigenvalue weighted by Crippen LogP contribution is -2.37. The first kappa shape index (κ1) is 17.1. The lowest BCUT2D eigenvalue weighted by molar-refractivity contribution is -0.0350. The third-order valence-corrected chi connectivity index (χ3v) is 4.94. The molecule has 0 unspecified atom stereocenters. The first-order valence-corrected chi connectivity index (χ1v) is 9.11. The summed E-state index contributed by atoms with van der Waals surface area (Å²) in [5.74, 6) is 1.80. The molecule has 2 aromatic carbocycles. The van der Waals surface area contributed by atoms with Crippen molar-refractivity contribution in [3.8, 4) is 5.75 Å². The highest BCUT2D eigenvalue weighted by atomic mass is 16.5. The topological polar surface area (TPSA) is 47.7 Å². The summed E-state index contributed by atoms with van der Waals surface area (Å²) in [6.45, 7) is 5.34. The average molecular weight is 352 g/mol. The van der Waals surface area contributed by atoms with E-state index in [-0.39, 0.29) is 6.10 Å². The second-order valence-electron chi connectivity index (χ2n) is 6.71. The molecule has 2 heterocycles. The molecular formula is C21H24N2O3. The van der Waals surface area contributed by atoms with E-state index in [2.05, 4.69) is 47.3 Å². The summed E-state index contributed by atoms with van der Waals surface area (Å²) in [6, 6.07) is 14.7. The highest BCUT2D eigenvalue weighted by molar-refractivity contribution is 5.84. The van der Waals surface area contributed by atoms with Gasteiger partial charge in [0.2, 0.25) is 0 Å². The molecule has 0 spiro atoms. The Morgan fingerprint density at radius 3 is 2.81 bits per heavy atom. The Bertz CT molecular complexity index is 890. The number of nitrogens with zero attached hydrogens (tertiary/aromatic N) is 2. The van der Waals surface area contributed by atoms with Crippen LogP contribution in [0.25, 0.3) is 10.8 Å². The maximum absolute atomic E-state index is 6.04. The Labute approximate surface area is 153 Å². The Morgan fingerprint density at radius 2 is 2.00 bits per heavy atom. The molecule has 5 heteroatoms. The molecule has 1 aromatic heterocycles. The fourth-order valence-corrected chi connectivity index (χ4v) is 3.43. The monoisotopic (exact) mass is 352 g/mol. The smallest absolute Gasteiger partial charge is 0.150 e. The predicted molar refractivity (Wildman–Crippen MR) is 100 cm³/mol. The number of hydrogen-bond acceptors (Lipinski definition) is 5. The first-order valence-electron chi connectivity index (χ1n) is 9.11. The van der Waals surface area contributed by atoms with Gasteiger partial charge in [-0.1, -0.05) is 30.3 Å². The van der Waals surface area contributed by atoms with Gasteiger partial charge in [0.25, 0.3) is 0 Å². The Morgan fingerprint density at radius 1 is 1.15 bits per heavy atom. The number of aryl methyl sites for hydroxylation is 1. The lowest BCUT2D eigenvalue weighted by Gasteiger charge is -2.32. The predicted octanol–water partition coefficient (Wildman–Crippen LogP) is 3.97. The van der Waals surface area contributed by atoms with Crippen LogP contribution < -0.4 is 4.74 Å². The van der Waals surface area contributed by atoms with Crippen LogP contribution in [0.15, 0.2) is 47.0 Å². The number of aromatic nitrogens is 1. The minimum Gasteiger partial charge on any atom is -0.497 e. The molecule has 0 bridgehead atoms. The molecule has 1 saturated heterocycles. The maximum Gasteiger partial charge on any atom is 0.150 e. The first-order chi connectivity index (χ1) is 12.7. The van der Waals surface area contributed by atoms with E-state index < -0.39 is 0 Å². The van der Waals surface area contributed by atoms with Crippen LogP contribution in [0.4, 0.5) is 0 Å². The Balaban J connectivity index is 1.49. The fraction of sp³-hybridized carbons (Fsp3) is 0.381. The van der Waals surface area contributed by atoms with Crippen LogP contribution in [-0.4, -0.2) is 36.9 Å². The standard InChI is InChI=1S/C21H24N2O3/c1-3-18-12-20(26-22-18)13-23-8-9-25-21(14-23)17-5-4-16-11-19(24-2)7-6-15(16)10-17/h4-7,10-12,21H,3,8-9,13-14H2,1-2H3/t21-/m1/s1. The largest absolute Gasteiger partial charge is 0.497 e. The molecule has 0 N–H and O–H groups in total. The zero-order chi connectivity index (χ0) is 17.9. The van der Waals surface area contributed by atoms with Crippen molar-refractivity contribution in [1.82, 2.24) is 10.1 Å². The number of methoxy groups -OCH3 is 1. The summed E-state index contributed by atoms with van der Waals surface area (Å²) >= 11 is 0. The summed E-state index contributed by atoms with van der Waals surface area (Å²) in [5, 5.41) is 6.46. The van der Waals surface area contributed by atoms with Crippen LogP contribution in [0.3, 0.4) is 0 Å². The molecule has 1 fully saturated rings. The van der Waals surface area contributed by atoms with E-state index in [4.69, 9.17) is 14.0 Å². The fourth-order valence-electron chi connectivity index (χ4n) is 3.43. The minimum atomic E-state index is 0.0730. The lowest BCUT2D eigenvalue weighted by atomic mass is 10.0. The Kier molecular flexibility index (Phi) is 4.91. The SMILES string of the molecule is CCc1cc(CN2CCO[C@@H](c3ccc4cc(OC)ccc4c3)C2)on1. The third-order valence-electron chi connectivity index (χ3n) is 4.94. The summed E-state index contributed by atoms with van der Waals surface area (Å²) in [6.07, 6.45) is 0.973. The molecule has 5 nitrogen and oxygen atoms in total. The van der Waals surface area contributed by atoms with E-state index >= 15 is 0 Å². The van der Waals surface area contributed by atoms with Gasteiger partial charge >= 0.3 is 0 Å². The molecule has 0 aliphatic carbocycles.